The first-order valence-corrected chi connectivity index (χ1v) is 8.91. The quantitative estimate of drug-likeness (QED) is 0.662. The number of carbonyl (C=O) groups excluding carboxylic acids is 2. The van der Waals surface area contributed by atoms with Crippen molar-refractivity contribution in [2.75, 3.05) is 13.7 Å². The van der Waals surface area contributed by atoms with Crippen molar-refractivity contribution in [1.29, 1.82) is 0 Å². The highest BCUT2D eigenvalue weighted by Gasteiger charge is 2.19. The van der Waals surface area contributed by atoms with Gasteiger partial charge in [0.05, 0.1) is 12.0 Å². The van der Waals surface area contributed by atoms with Crippen molar-refractivity contribution < 1.29 is 27.5 Å². The number of carbonyl (C=O) groups is 2. The van der Waals surface area contributed by atoms with Crippen LogP contribution >= 0.6 is 0 Å². The molecule has 1 rings (SSSR count). The largest absolute Gasteiger partial charge is 0.496 e. The number of primary sulfonamides is 1. The number of hydrogen-bond acceptors (Lipinski definition) is 6. The summed E-state index contributed by atoms with van der Waals surface area (Å²) in [6, 6.07) is 3.53. The number of benzene rings is 1. The number of esters is 1. The van der Waals surface area contributed by atoms with E-state index >= 15 is 0 Å². The van der Waals surface area contributed by atoms with Crippen LogP contribution in [0.4, 0.5) is 0 Å². The predicted molar refractivity (Wildman–Crippen MR) is 87.2 cm³/mol. The summed E-state index contributed by atoms with van der Waals surface area (Å²) in [5.74, 6) is -1.20. The van der Waals surface area contributed by atoms with Gasteiger partial charge in [0.25, 0.3) is 5.91 Å². The van der Waals surface area contributed by atoms with E-state index in [0.29, 0.717) is 0 Å². The lowest BCUT2D eigenvalue weighted by Gasteiger charge is -2.13. The maximum Gasteiger partial charge on any atom is 0.342 e. The molecule has 0 aliphatic rings. The van der Waals surface area contributed by atoms with Crippen LogP contribution in [-0.2, 0) is 19.6 Å². The molecule has 9 heteroatoms. The molecular weight excluding hydrogens is 336 g/mol. The van der Waals surface area contributed by atoms with Gasteiger partial charge in [-0.25, -0.2) is 18.4 Å². The Hall–Kier alpha value is -2.13. The number of ether oxygens (including phenoxy) is 2. The number of sulfonamides is 1. The van der Waals surface area contributed by atoms with Gasteiger partial charge in [0.2, 0.25) is 10.0 Å². The zero-order valence-electron chi connectivity index (χ0n) is 13.9. The van der Waals surface area contributed by atoms with E-state index in [1.54, 1.807) is 0 Å². The molecular formula is C15H22N2O6S. The van der Waals surface area contributed by atoms with Crippen LogP contribution in [0.15, 0.2) is 23.1 Å². The molecule has 0 radical (unpaired) electrons. The summed E-state index contributed by atoms with van der Waals surface area (Å²) in [5.41, 5.74) is -0.126. The normalized spacial score (nSPS) is 12.3. The number of rotatable bonds is 8. The van der Waals surface area contributed by atoms with Gasteiger partial charge < -0.3 is 14.8 Å². The predicted octanol–water partition coefficient (Wildman–Crippen LogP) is 0.804. The number of amides is 1. The molecule has 1 amide bonds. The summed E-state index contributed by atoms with van der Waals surface area (Å²) in [4.78, 5) is 23.6. The smallest absolute Gasteiger partial charge is 0.342 e. The lowest BCUT2D eigenvalue weighted by atomic mass is 10.2. The van der Waals surface area contributed by atoms with E-state index in [9.17, 15) is 18.0 Å². The first-order valence-electron chi connectivity index (χ1n) is 7.36. The first kappa shape index (κ1) is 19.9. The van der Waals surface area contributed by atoms with E-state index in [1.165, 1.54) is 19.2 Å². The highest BCUT2D eigenvalue weighted by atomic mass is 32.2. The molecule has 0 aromatic heterocycles. The molecule has 0 saturated heterocycles. The summed E-state index contributed by atoms with van der Waals surface area (Å²) < 4.78 is 32.7. The average Bonchev–Trinajstić information content (AvgIpc) is 2.51. The van der Waals surface area contributed by atoms with Gasteiger partial charge in [-0.2, -0.15) is 0 Å². The Morgan fingerprint density at radius 1 is 1.33 bits per heavy atom. The minimum atomic E-state index is -3.98. The fourth-order valence-electron chi connectivity index (χ4n) is 2.05. The molecule has 0 aliphatic carbocycles. The van der Waals surface area contributed by atoms with Crippen LogP contribution in [0, 0.1) is 0 Å². The molecule has 0 bridgehead atoms. The van der Waals surface area contributed by atoms with Crippen LogP contribution in [-0.4, -0.2) is 40.1 Å². The Morgan fingerprint density at radius 2 is 2.00 bits per heavy atom. The molecule has 3 N–H and O–H groups in total. The Morgan fingerprint density at radius 3 is 2.54 bits per heavy atom. The molecule has 134 valence electrons. The van der Waals surface area contributed by atoms with Crippen LogP contribution in [0.2, 0.25) is 0 Å². The summed E-state index contributed by atoms with van der Waals surface area (Å²) in [6.07, 6.45) is 1.72. The van der Waals surface area contributed by atoms with Gasteiger partial charge in [-0.3, -0.25) is 4.79 Å². The van der Waals surface area contributed by atoms with Crippen molar-refractivity contribution in [3.05, 3.63) is 23.8 Å². The highest BCUT2D eigenvalue weighted by molar-refractivity contribution is 7.89. The van der Waals surface area contributed by atoms with Crippen LogP contribution in [0.3, 0.4) is 0 Å². The Labute approximate surface area is 141 Å². The van der Waals surface area contributed by atoms with Crippen molar-refractivity contribution in [3.8, 4) is 5.75 Å². The van der Waals surface area contributed by atoms with Gasteiger partial charge >= 0.3 is 5.97 Å². The first-order chi connectivity index (χ1) is 11.2. The van der Waals surface area contributed by atoms with Crippen LogP contribution < -0.4 is 15.2 Å². The van der Waals surface area contributed by atoms with E-state index < -0.39 is 28.5 Å². The van der Waals surface area contributed by atoms with E-state index in [4.69, 9.17) is 14.6 Å². The number of methoxy groups -OCH3 is 1. The SMILES string of the molecule is CCC[C@H](C)NC(=O)COC(=O)c1cc(S(N)(=O)=O)ccc1OC. The van der Waals surface area contributed by atoms with E-state index in [0.717, 1.165) is 18.9 Å². The lowest BCUT2D eigenvalue weighted by Crippen LogP contribution is -2.35. The molecule has 0 aliphatic heterocycles. The molecule has 0 heterocycles. The van der Waals surface area contributed by atoms with Crippen molar-refractivity contribution in [2.45, 2.75) is 37.6 Å². The minimum absolute atomic E-state index is 0.0264. The summed E-state index contributed by atoms with van der Waals surface area (Å²) >= 11 is 0. The van der Waals surface area contributed by atoms with Gasteiger partial charge in [0.1, 0.15) is 11.3 Å². The third kappa shape index (κ3) is 5.82. The second-order valence-corrected chi connectivity index (χ2v) is 6.80. The van der Waals surface area contributed by atoms with E-state index in [-0.39, 0.29) is 22.3 Å². The Balaban J connectivity index is 2.82. The van der Waals surface area contributed by atoms with Crippen LogP contribution in [0.1, 0.15) is 37.0 Å². The molecule has 1 aromatic rings. The number of nitrogens with two attached hydrogens (primary N) is 1. The molecule has 0 fully saturated rings. The fraction of sp³-hybridized carbons (Fsp3) is 0.467. The minimum Gasteiger partial charge on any atom is -0.496 e. The highest BCUT2D eigenvalue weighted by Crippen LogP contribution is 2.22. The maximum absolute atomic E-state index is 12.1. The zero-order valence-corrected chi connectivity index (χ0v) is 14.7. The van der Waals surface area contributed by atoms with Crippen LogP contribution in [0.5, 0.6) is 5.75 Å². The topological polar surface area (TPSA) is 125 Å². The summed E-state index contributed by atoms with van der Waals surface area (Å²) in [5, 5.41) is 7.73. The monoisotopic (exact) mass is 358 g/mol. The van der Waals surface area contributed by atoms with Crippen molar-refractivity contribution in [2.24, 2.45) is 5.14 Å². The molecule has 1 atom stereocenters. The van der Waals surface area contributed by atoms with Crippen molar-refractivity contribution >= 4 is 21.9 Å². The Bertz CT molecular complexity index is 702. The second kappa shape index (κ2) is 8.65. The number of nitrogens with one attached hydrogen (secondary N) is 1. The molecule has 0 saturated carbocycles. The van der Waals surface area contributed by atoms with Gasteiger partial charge in [-0.1, -0.05) is 13.3 Å². The lowest BCUT2D eigenvalue weighted by molar-refractivity contribution is -0.124. The second-order valence-electron chi connectivity index (χ2n) is 5.24. The van der Waals surface area contributed by atoms with E-state index in [2.05, 4.69) is 5.32 Å². The van der Waals surface area contributed by atoms with Gasteiger partial charge in [-0.15, -0.1) is 0 Å². The maximum atomic E-state index is 12.1. The molecule has 8 nitrogen and oxygen atoms in total. The fourth-order valence-corrected chi connectivity index (χ4v) is 2.59. The molecule has 0 unspecified atom stereocenters. The number of hydrogen-bond donors (Lipinski definition) is 2. The van der Waals surface area contributed by atoms with Gasteiger partial charge in [0, 0.05) is 6.04 Å². The van der Waals surface area contributed by atoms with Gasteiger partial charge in [-0.05, 0) is 31.5 Å². The molecule has 0 spiro atoms. The zero-order chi connectivity index (χ0) is 18.3. The summed E-state index contributed by atoms with van der Waals surface area (Å²) in [7, 11) is -2.66. The third-order valence-electron chi connectivity index (χ3n) is 3.18. The molecule has 24 heavy (non-hydrogen) atoms. The van der Waals surface area contributed by atoms with Gasteiger partial charge in [0.15, 0.2) is 6.61 Å². The molecule has 1 aromatic carbocycles. The van der Waals surface area contributed by atoms with Crippen LogP contribution in [0.25, 0.3) is 0 Å². The Kier molecular flexibility index (Phi) is 7.18. The van der Waals surface area contributed by atoms with Crippen molar-refractivity contribution in [3.63, 3.8) is 0 Å². The standard InChI is InChI=1S/C15H22N2O6S/c1-4-5-10(2)17-14(18)9-23-15(19)12-8-11(24(16,20)21)6-7-13(12)22-3/h6-8,10H,4-5,9H2,1-3H3,(H,17,18)(H2,16,20,21)/t10-/m0/s1. The third-order valence-corrected chi connectivity index (χ3v) is 4.09. The van der Waals surface area contributed by atoms with E-state index in [1.807, 2.05) is 13.8 Å². The van der Waals surface area contributed by atoms with Crippen molar-refractivity contribution in [1.82, 2.24) is 5.32 Å². The average molecular weight is 358 g/mol. The summed E-state index contributed by atoms with van der Waals surface area (Å²) in [6.45, 7) is 3.37.